The number of piperidine rings is 1. The smallest absolute Gasteiger partial charge is 0.274 e. The number of carbonyl (C=O) groups is 1. The Kier molecular flexibility index (Phi) is 5.50. The summed E-state index contributed by atoms with van der Waals surface area (Å²) in [5, 5.41) is 8.44. The Hall–Kier alpha value is -2.57. The first-order valence-corrected chi connectivity index (χ1v) is 9.87. The van der Waals surface area contributed by atoms with E-state index in [-0.39, 0.29) is 5.91 Å². The van der Waals surface area contributed by atoms with Crippen molar-refractivity contribution in [1.29, 1.82) is 0 Å². The van der Waals surface area contributed by atoms with Crippen LogP contribution in [0.4, 0.5) is 0 Å². The monoisotopic (exact) mass is 398 g/mol. The molecule has 28 heavy (non-hydrogen) atoms. The maximum Gasteiger partial charge on any atom is 0.274 e. The minimum atomic E-state index is -0.0469. The number of carbonyl (C=O) groups excluding carboxylic acids is 1. The van der Waals surface area contributed by atoms with E-state index in [0.717, 1.165) is 43.9 Å². The van der Waals surface area contributed by atoms with Crippen LogP contribution in [0.25, 0.3) is 17.1 Å². The molecule has 2 aromatic heterocycles. The zero-order chi connectivity index (χ0) is 19.5. The maximum atomic E-state index is 13.2. The van der Waals surface area contributed by atoms with E-state index in [1.807, 2.05) is 48.3 Å². The number of likely N-dealkylation sites (tertiary alicyclic amines) is 1. The maximum absolute atomic E-state index is 13.2. The highest BCUT2D eigenvalue weighted by molar-refractivity contribution is 6.30. The number of hydrogen-bond donors (Lipinski definition) is 1. The Morgan fingerprint density at radius 3 is 2.96 bits per heavy atom. The highest BCUT2D eigenvalue weighted by Crippen LogP contribution is 2.27. The lowest BCUT2D eigenvalue weighted by Crippen LogP contribution is -2.42. The lowest BCUT2D eigenvalue weighted by molar-refractivity contribution is 0.0668. The van der Waals surface area contributed by atoms with Gasteiger partial charge in [-0.2, -0.15) is 5.10 Å². The second-order valence-electron chi connectivity index (χ2n) is 7.10. The highest BCUT2D eigenvalue weighted by Gasteiger charge is 2.27. The summed E-state index contributed by atoms with van der Waals surface area (Å²) in [6.45, 7) is 2.43. The van der Waals surface area contributed by atoms with Crippen LogP contribution in [-0.4, -0.2) is 47.3 Å². The van der Waals surface area contributed by atoms with Crippen LogP contribution in [0.15, 0.2) is 53.1 Å². The predicted octanol–water partition coefficient (Wildman–Crippen LogP) is 3.86. The summed E-state index contributed by atoms with van der Waals surface area (Å²) in [5.74, 6) is 1.08. The molecule has 1 atom stereocenters. The molecule has 1 unspecified atom stereocenters. The largest absolute Gasteiger partial charge is 0.463 e. The summed E-state index contributed by atoms with van der Waals surface area (Å²) in [4.78, 5) is 15.1. The van der Waals surface area contributed by atoms with E-state index in [0.29, 0.717) is 22.4 Å². The lowest BCUT2D eigenvalue weighted by Gasteiger charge is -2.32. The van der Waals surface area contributed by atoms with Gasteiger partial charge in [-0.1, -0.05) is 17.7 Å². The quantitative estimate of drug-likeness (QED) is 0.708. The molecule has 1 aliphatic heterocycles. The van der Waals surface area contributed by atoms with Gasteiger partial charge in [0.05, 0.1) is 12.0 Å². The molecule has 3 aromatic rings. The molecule has 1 N–H and O–H groups in total. The third-order valence-corrected chi connectivity index (χ3v) is 5.29. The van der Waals surface area contributed by atoms with Gasteiger partial charge in [-0.3, -0.25) is 4.79 Å². The Morgan fingerprint density at radius 1 is 1.32 bits per heavy atom. The van der Waals surface area contributed by atoms with Crippen LogP contribution in [0.1, 0.15) is 23.3 Å². The second kappa shape index (κ2) is 8.20. The molecular weight excluding hydrogens is 376 g/mol. The van der Waals surface area contributed by atoms with Crippen LogP contribution in [0, 0.1) is 5.92 Å². The SMILES string of the molecule is CNCC1CCCN(C(=O)c2cc(-c3ccco3)n(-c3cccc(Cl)c3)n2)C1. The fourth-order valence-corrected chi connectivity index (χ4v) is 3.94. The van der Waals surface area contributed by atoms with Crippen molar-refractivity contribution < 1.29 is 9.21 Å². The number of furan rings is 1. The topological polar surface area (TPSA) is 63.3 Å². The molecule has 1 saturated heterocycles. The summed E-state index contributed by atoms with van der Waals surface area (Å²) >= 11 is 6.16. The van der Waals surface area contributed by atoms with E-state index >= 15 is 0 Å². The van der Waals surface area contributed by atoms with Gasteiger partial charge in [-0.25, -0.2) is 4.68 Å². The van der Waals surface area contributed by atoms with Crippen molar-refractivity contribution in [2.75, 3.05) is 26.7 Å². The van der Waals surface area contributed by atoms with Gasteiger partial charge < -0.3 is 14.6 Å². The minimum Gasteiger partial charge on any atom is -0.463 e. The van der Waals surface area contributed by atoms with Crippen molar-refractivity contribution in [1.82, 2.24) is 20.0 Å². The second-order valence-corrected chi connectivity index (χ2v) is 7.54. The number of halogens is 1. The van der Waals surface area contributed by atoms with Crippen molar-refractivity contribution in [2.45, 2.75) is 12.8 Å². The molecule has 0 bridgehead atoms. The molecule has 1 aromatic carbocycles. The molecular formula is C21H23ClN4O2. The predicted molar refractivity (Wildman–Crippen MR) is 109 cm³/mol. The Labute approximate surface area is 169 Å². The number of rotatable bonds is 5. The number of amides is 1. The van der Waals surface area contributed by atoms with E-state index in [1.165, 1.54) is 0 Å². The Morgan fingerprint density at radius 2 is 2.21 bits per heavy atom. The van der Waals surface area contributed by atoms with Crippen LogP contribution < -0.4 is 5.32 Å². The molecule has 1 amide bonds. The van der Waals surface area contributed by atoms with Gasteiger partial charge in [0.25, 0.3) is 5.91 Å². The van der Waals surface area contributed by atoms with Crippen LogP contribution in [0.5, 0.6) is 0 Å². The van der Waals surface area contributed by atoms with Crippen molar-refractivity contribution in [3.05, 3.63) is 59.4 Å². The molecule has 146 valence electrons. The molecule has 1 fully saturated rings. The van der Waals surface area contributed by atoms with Gasteiger partial charge in [0, 0.05) is 24.2 Å². The molecule has 6 nitrogen and oxygen atoms in total. The van der Waals surface area contributed by atoms with Gasteiger partial charge in [-0.15, -0.1) is 0 Å². The fraction of sp³-hybridized carbons (Fsp3) is 0.333. The third-order valence-electron chi connectivity index (χ3n) is 5.05. The highest BCUT2D eigenvalue weighted by atomic mass is 35.5. The van der Waals surface area contributed by atoms with Crippen molar-refractivity contribution in [3.63, 3.8) is 0 Å². The zero-order valence-corrected chi connectivity index (χ0v) is 16.5. The van der Waals surface area contributed by atoms with E-state index in [4.69, 9.17) is 16.0 Å². The summed E-state index contributed by atoms with van der Waals surface area (Å²) in [6, 6.07) is 12.9. The van der Waals surface area contributed by atoms with Crippen molar-refractivity contribution >= 4 is 17.5 Å². The van der Waals surface area contributed by atoms with Crippen LogP contribution in [0.2, 0.25) is 5.02 Å². The lowest BCUT2D eigenvalue weighted by atomic mass is 9.98. The molecule has 0 saturated carbocycles. The molecule has 4 rings (SSSR count). The Bertz CT molecular complexity index is 949. The normalized spacial score (nSPS) is 17.1. The van der Waals surface area contributed by atoms with E-state index in [1.54, 1.807) is 17.0 Å². The number of hydrogen-bond acceptors (Lipinski definition) is 4. The molecule has 3 heterocycles. The van der Waals surface area contributed by atoms with Crippen molar-refractivity contribution in [3.8, 4) is 17.1 Å². The van der Waals surface area contributed by atoms with Gasteiger partial charge in [0.15, 0.2) is 11.5 Å². The van der Waals surface area contributed by atoms with E-state index in [9.17, 15) is 4.79 Å². The molecule has 7 heteroatoms. The summed E-state index contributed by atoms with van der Waals surface area (Å²) in [5.41, 5.74) is 1.92. The van der Waals surface area contributed by atoms with E-state index in [2.05, 4.69) is 10.4 Å². The van der Waals surface area contributed by atoms with Crippen LogP contribution in [0.3, 0.4) is 0 Å². The Balaban J connectivity index is 1.68. The first-order chi connectivity index (χ1) is 13.7. The number of benzene rings is 1. The number of nitrogens with zero attached hydrogens (tertiary/aromatic N) is 3. The fourth-order valence-electron chi connectivity index (χ4n) is 3.76. The number of nitrogens with one attached hydrogen (secondary N) is 1. The summed E-state index contributed by atoms with van der Waals surface area (Å²) in [6.07, 6.45) is 3.76. The molecule has 0 aliphatic carbocycles. The van der Waals surface area contributed by atoms with Gasteiger partial charge in [0.2, 0.25) is 0 Å². The first-order valence-electron chi connectivity index (χ1n) is 9.49. The van der Waals surface area contributed by atoms with Crippen molar-refractivity contribution in [2.24, 2.45) is 5.92 Å². The van der Waals surface area contributed by atoms with Gasteiger partial charge in [0.1, 0.15) is 5.69 Å². The molecule has 1 aliphatic rings. The molecule has 0 radical (unpaired) electrons. The van der Waals surface area contributed by atoms with E-state index < -0.39 is 0 Å². The average molecular weight is 399 g/mol. The third kappa shape index (κ3) is 3.84. The standard InChI is InChI=1S/C21H23ClN4O2/c1-23-13-15-5-3-9-25(14-15)21(27)18-12-19(20-8-4-10-28-20)26(24-18)17-7-2-6-16(22)11-17/h2,4,6-8,10-12,15,23H,3,5,9,13-14H2,1H3. The van der Waals surface area contributed by atoms with Gasteiger partial charge >= 0.3 is 0 Å². The summed E-state index contributed by atoms with van der Waals surface area (Å²) in [7, 11) is 1.95. The van der Waals surface area contributed by atoms with Gasteiger partial charge in [-0.05, 0) is 62.7 Å². The minimum absolute atomic E-state index is 0.0469. The first kappa shape index (κ1) is 18.8. The van der Waals surface area contributed by atoms with Crippen LogP contribution >= 0.6 is 11.6 Å². The number of aromatic nitrogens is 2. The summed E-state index contributed by atoms with van der Waals surface area (Å²) < 4.78 is 7.29. The zero-order valence-electron chi connectivity index (χ0n) is 15.8. The van der Waals surface area contributed by atoms with Crippen LogP contribution in [-0.2, 0) is 0 Å². The average Bonchev–Trinajstić information content (AvgIpc) is 3.37. The molecule has 0 spiro atoms.